The Balaban J connectivity index is 1.18. The molecule has 1 aromatic rings. The second kappa shape index (κ2) is 7.51. The molecule has 29 heavy (non-hydrogen) atoms. The van der Waals surface area contributed by atoms with Crippen LogP contribution in [0.2, 0.25) is 0 Å². The summed E-state index contributed by atoms with van der Waals surface area (Å²) in [6.07, 6.45) is 3.18. The molecule has 154 valence electrons. The van der Waals surface area contributed by atoms with Crippen molar-refractivity contribution in [2.24, 2.45) is 0 Å². The number of ether oxygens (including phenoxy) is 1. The third-order valence-corrected chi connectivity index (χ3v) is 6.48. The second-order valence-electron chi connectivity index (χ2n) is 8.43. The van der Waals surface area contributed by atoms with Gasteiger partial charge in [-0.25, -0.2) is 0 Å². The van der Waals surface area contributed by atoms with Gasteiger partial charge in [0.2, 0.25) is 11.8 Å². The SMILES string of the molecule is O=C1CCC(N2Cc3cc(CNCC4CC5OCCC5N4)ccc3C2=O)C(=O)N1. The highest BCUT2D eigenvalue weighted by atomic mass is 16.5. The van der Waals surface area contributed by atoms with E-state index in [4.69, 9.17) is 4.74 Å². The highest BCUT2D eigenvalue weighted by Crippen LogP contribution is 2.28. The summed E-state index contributed by atoms with van der Waals surface area (Å²) in [5.74, 6) is -0.770. The highest BCUT2D eigenvalue weighted by Gasteiger charge is 2.39. The van der Waals surface area contributed by atoms with Crippen molar-refractivity contribution in [3.05, 3.63) is 34.9 Å². The van der Waals surface area contributed by atoms with Gasteiger partial charge in [0.25, 0.3) is 5.91 Å². The Kier molecular flexibility index (Phi) is 4.85. The van der Waals surface area contributed by atoms with Gasteiger partial charge in [-0.15, -0.1) is 0 Å². The van der Waals surface area contributed by atoms with Crippen LogP contribution in [0.4, 0.5) is 0 Å². The molecule has 0 radical (unpaired) electrons. The van der Waals surface area contributed by atoms with Crippen molar-refractivity contribution >= 4 is 17.7 Å². The minimum Gasteiger partial charge on any atom is -0.376 e. The standard InChI is InChI=1S/C21H26N4O4/c26-19-4-3-17(20(27)24-19)25-11-13-7-12(1-2-15(13)21(25)28)9-22-10-14-8-18-16(23-14)5-6-29-18/h1-2,7,14,16-18,22-23H,3-6,8-11H2,(H,24,26,27). The van der Waals surface area contributed by atoms with Crippen LogP contribution in [0, 0.1) is 0 Å². The summed E-state index contributed by atoms with van der Waals surface area (Å²) < 4.78 is 5.73. The third-order valence-electron chi connectivity index (χ3n) is 6.48. The summed E-state index contributed by atoms with van der Waals surface area (Å²) >= 11 is 0. The molecule has 0 saturated carbocycles. The molecule has 5 rings (SSSR count). The van der Waals surface area contributed by atoms with E-state index in [1.165, 1.54) is 0 Å². The van der Waals surface area contributed by atoms with E-state index in [-0.39, 0.29) is 24.1 Å². The third kappa shape index (κ3) is 3.56. The zero-order chi connectivity index (χ0) is 20.0. The first-order valence-electron chi connectivity index (χ1n) is 10.4. The number of hydrogen-bond donors (Lipinski definition) is 3. The maximum Gasteiger partial charge on any atom is 0.255 e. The largest absolute Gasteiger partial charge is 0.376 e. The number of imide groups is 1. The van der Waals surface area contributed by atoms with Crippen molar-refractivity contribution in [3.8, 4) is 0 Å². The van der Waals surface area contributed by atoms with Gasteiger partial charge >= 0.3 is 0 Å². The molecule has 3 fully saturated rings. The smallest absolute Gasteiger partial charge is 0.255 e. The normalized spacial score (nSPS) is 31.2. The van der Waals surface area contributed by atoms with Crippen LogP contribution in [0.25, 0.3) is 0 Å². The first kappa shape index (κ1) is 18.7. The lowest BCUT2D eigenvalue weighted by Crippen LogP contribution is -2.52. The number of carbonyl (C=O) groups is 3. The Bertz CT molecular complexity index is 845. The van der Waals surface area contributed by atoms with Crippen molar-refractivity contribution in [1.82, 2.24) is 20.9 Å². The second-order valence-corrected chi connectivity index (χ2v) is 8.43. The van der Waals surface area contributed by atoms with E-state index in [0.717, 1.165) is 43.7 Å². The maximum atomic E-state index is 12.7. The fourth-order valence-corrected chi connectivity index (χ4v) is 4.99. The van der Waals surface area contributed by atoms with Crippen LogP contribution in [-0.2, 0) is 27.4 Å². The fraction of sp³-hybridized carbons (Fsp3) is 0.571. The predicted molar refractivity (Wildman–Crippen MR) is 104 cm³/mol. The summed E-state index contributed by atoms with van der Waals surface area (Å²) in [4.78, 5) is 37.9. The van der Waals surface area contributed by atoms with E-state index in [1.54, 1.807) is 4.90 Å². The van der Waals surface area contributed by atoms with Gasteiger partial charge < -0.3 is 20.3 Å². The van der Waals surface area contributed by atoms with E-state index >= 15 is 0 Å². The summed E-state index contributed by atoms with van der Waals surface area (Å²) in [6, 6.07) is 6.25. The minimum absolute atomic E-state index is 0.129. The van der Waals surface area contributed by atoms with Gasteiger partial charge in [0.1, 0.15) is 6.04 Å². The monoisotopic (exact) mass is 398 g/mol. The highest BCUT2D eigenvalue weighted by molar-refractivity contribution is 6.05. The molecule has 0 aliphatic carbocycles. The molecular formula is C21H26N4O4. The van der Waals surface area contributed by atoms with Crippen LogP contribution >= 0.6 is 0 Å². The first-order valence-corrected chi connectivity index (χ1v) is 10.4. The average Bonchev–Trinajstić information content (AvgIpc) is 3.36. The van der Waals surface area contributed by atoms with Gasteiger partial charge in [0.15, 0.2) is 0 Å². The minimum atomic E-state index is -0.565. The number of nitrogens with zero attached hydrogens (tertiary/aromatic N) is 1. The van der Waals surface area contributed by atoms with Gasteiger partial charge in [-0.3, -0.25) is 19.7 Å². The molecule has 0 bridgehead atoms. The summed E-state index contributed by atoms with van der Waals surface area (Å²) in [6.45, 7) is 2.90. The Morgan fingerprint density at radius 3 is 2.93 bits per heavy atom. The van der Waals surface area contributed by atoms with Gasteiger partial charge in [-0.05, 0) is 36.5 Å². The van der Waals surface area contributed by atoms with Crippen molar-refractivity contribution in [3.63, 3.8) is 0 Å². The summed E-state index contributed by atoms with van der Waals surface area (Å²) in [5.41, 5.74) is 2.72. The lowest BCUT2D eigenvalue weighted by molar-refractivity contribution is -0.136. The molecule has 3 amide bonds. The zero-order valence-electron chi connectivity index (χ0n) is 16.3. The molecule has 4 atom stereocenters. The Morgan fingerprint density at radius 1 is 1.21 bits per heavy atom. The molecule has 3 saturated heterocycles. The molecule has 8 nitrogen and oxygen atoms in total. The van der Waals surface area contributed by atoms with E-state index in [9.17, 15) is 14.4 Å². The van der Waals surface area contributed by atoms with E-state index in [0.29, 0.717) is 36.7 Å². The summed E-state index contributed by atoms with van der Waals surface area (Å²) in [7, 11) is 0. The fourth-order valence-electron chi connectivity index (χ4n) is 4.99. The van der Waals surface area contributed by atoms with Gasteiger partial charge in [0.05, 0.1) is 6.10 Å². The Morgan fingerprint density at radius 2 is 2.10 bits per heavy atom. The zero-order valence-corrected chi connectivity index (χ0v) is 16.3. The first-order chi connectivity index (χ1) is 14.1. The molecule has 4 heterocycles. The van der Waals surface area contributed by atoms with Gasteiger partial charge in [0, 0.05) is 50.3 Å². The van der Waals surface area contributed by atoms with Crippen molar-refractivity contribution in [2.45, 2.75) is 63.0 Å². The Labute approximate surface area is 169 Å². The molecule has 4 aliphatic heterocycles. The maximum absolute atomic E-state index is 12.7. The average molecular weight is 398 g/mol. The van der Waals surface area contributed by atoms with E-state index < -0.39 is 6.04 Å². The van der Waals surface area contributed by atoms with Gasteiger partial charge in [-0.1, -0.05) is 12.1 Å². The van der Waals surface area contributed by atoms with Crippen LogP contribution < -0.4 is 16.0 Å². The topological polar surface area (TPSA) is 99.8 Å². The van der Waals surface area contributed by atoms with Crippen molar-refractivity contribution in [1.29, 1.82) is 0 Å². The number of nitrogens with one attached hydrogen (secondary N) is 3. The molecule has 1 aromatic carbocycles. The van der Waals surface area contributed by atoms with E-state index in [1.807, 2.05) is 18.2 Å². The van der Waals surface area contributed by atoms with Gasteiger partial charge in [-0.2, -0.15) is 0 Å². The lowest BCUT2D eigenvalue weighted by Gasteiger charge is -2.29. The molecular weight excluding hydrogens is 372 g/mol. The summed E-state index contributed by atoms with van der Waals surface area (Å²) in [5, 5.41) is 9.48. The molecule has 4 unspecified atom stereocenters. The molecule has 0 spiro atoms. The van der Waals surface area contributed by atoms with Crippen LogP contribution in [0.3, 0.4) is 0 Å². The van der Waals surface area contributed by atoms with Crippen molar-refractivity contribution < 1.29 is 19.1 Å². The van der Waals surface area contributed by atoms with Crippen molar-refractivity contribution in [2.75, 3.05) is 13.2 Å². The lowest BCUT2D eigenvalue weighted by atomic mass is 10.0. The van der Waals surface area contributed by atoms with Crippen LogP contribution in [-0.4, -0.2) is 60.0 Å². The van der Waals surface area contributed by atoms with Crippen LogP contribution in [0.1, 0.15) is 47.2 Å². The Hall–Kier alpha value is -2.29. The van der Waals surface area contributed by atoms with Crippen LogP contribution in [0.5, 0.6) is 0 Å². The number of piperidine rings is 1. The number of amides is 3. The number of hydrogen-bond acceptors (Lipinski definition) is 6. The molecule has 4 aliphatic rings. The molecule has 8 heteroatoms. The van der Waals surface area contributed by atoms with E-state index in [2.05, 4.69) is 16.0 Å². The molecule has 0 aromatic heterocycles. The number of rotatable bonds is 5. The quantitative estimate of drug-likeness (QED) is 0.607. The number of carbonyl (C=O) groups excluding carboxylic acids is 3. The predicted octanol–water partition coefficient (Wildman–Crippen LogP) is 0.0566. The molecule has 3 N–H and O–H groups in total. The number of fused-ring (bicyclic) bond motifs is 2. The number of benzene rings is 1. The van der Waals surface area contributed by atoms with Crippen LogP contribution in [0.15, 0.2) is 18.2 Å².